The van der Waals surface area contributed by atoms with Crippen molar-refractivity contribution >= 4 is 6.29 Å². The molecular weight excluding hydrogens is 282 g/mol. The third-order valence-corrected chi connectivity index (χ3v) is 3.49. The number of ether oxygens (including phenoxy) is 3. The number of carbonyl (C=O) groups is 1. The second-order valence-electron chi connectivity index (χ2n) is 4.73. The normalized spacial score (nSPS) is 37.9. The summed E-state index contributed by atoms with van der Waals surface area (Å²) >= 11 is 0. The molecule has 110 valence electrons. The van der Waals surface area contributed by atoms with Crippen LogP contribution in [0.1, 0.15) is 6.92 Å². The Hall–Kier alpha value is -2.28. The second-order valence-corrected chi connectivity index (χ2v) is 4.73. The van der Waals surface area contributed by atoms with Crippen LogP contribution < -0.4 is 11.2 Å². The van der Waals surface area contributed by atoms with Gasteiger partial charge in [0.05, 0.1) is 0 Å². The van der Waals surface area contributed by atoms with Gasteiger partial charge in [-0.1, -0.05) is 0 Å². The minimum atomic E-state index is -1.87. The lowest BCUT2D eigenvalue weighted by Crippen LogP contribution is -2.50. The van der Waals surface area contributed by atoms with Crippen molar-refractivity contribution in [1.82, 2.24) is 9.55 Å². The lowest BCUT2D eigenvalue weighted by atomic mass is 10.0. The van der Waals surface area contributed by atoms with Gasteiger partial charge in [0.15, 0.2) is 18.7 Å². The predicted molar refractivity (Wildman–Crippen MR) is 65.1 cm³/mol. The number of rotatable bonds is 2. The number of fused-ring (bicyclic) bond motifs is 1. The minimum absolute atomic E-state index is 0.495. The van der Waals surface area contributed by atoms with Crippen molar-refractivity contribution in [3.63, 3.8) is 0 Å². The molecule has 5 atom stereocenters. The monoisotopic (exact) mass is 293 g/mol. The highest BCUT2D eigenvalue weighted by molar-refractivity contribution is 5.59. The topological polar surface area (TPSA) is 123 Å². The summed E-state index contributed by atoms with van der Waals surface area (Å²) in [6.45, 7) is 1.61. The Morgan fingerprint density at radius 3 is 2.86 bits per heavy atom. The number of H-pyrrole nitrogens is 1. The van der Waals surface area contributed by atoms with E-state index < -0.39 is 41.6 Å². The van der Waals surface area contributed by atoms with Crippen LogP contribution in [0.4, 0.5) is 0 Å². The number of nitriles is 1. The first kappa shape index (κ1) is 13.7. The summed E-state index contributed by atoms with van der Waals surface area (Å²) in [6, 6.07) is 2.94. The molecule has 3 rings (SSSR count). The van der Waals surface area contributed by atoms with Crippen LogP contribution in [-0.2, 0) is 24.7 Å². The maximum atomic E-state index is 11.9. The van der Waals surface area contributed by atoms with Gasteiger partial charge in [0.2, 0.25) is 0 Å². The number of hydrogen-bond donors (Lipinski definition) is 1. The van der Waals surface area contributed by atoms with Crippen LogP contribution in [0.3, 0.4) is 0 Å². The van der Waals surface area contributed by atoms with Crippen molar-refractivity contribution in [1.29, 1.82) is 5.26 Å². The summed E-state index contributed by atoms with van der Waals surface area (Å²) in [5, 5.41) is 9.53. The van der Waals surface area contributed by atoms with E-state index in [1.165, 1.54) is 0 Å². The first-order chi connectivity index (χ1) is 10.0. The molecule has 0 amide bonds. The van der Waals surface area contributed by atoms with E-state index >= 15 is 0 Å². The molecule has 5 unspecified atom stereocenters. The summed E-state index contributed by atoms with van der Waals surface area (Å²) in [7, 11) is 0. The number of carbonyl (C=O) groups excluding carboxylic acids is 1. The third-order valence-electron chi connectivity index (χ3n) is 3.49. The summed E-state index contributed by atoms with van der Waals surface area (Å²) < 4.78 is 17.2. The fourth-order valence-electron chi connectivity index (χ4n) is 2.64. The molecule has 21 heavy (non-hydrogen) atoms. The zero-order chi connectivity index (χ0) is 15.2. The molecule has 9 nitrogen and oxygen atoms in total. The van der Waals surface area contributed by atoms with Gasteiger partial charge in [-0.05, 0) is 6.92 Å². The Labute approximate surface area is 117 Å². The fraction of sp³-hybridized carbons (Fsp3) is 0.500. The minimum Gasteiger partial charge on any atom is -0.344 e. The van der Waals surface area contributed by atoms with E-state index in [4.69, 9.17) is 14.2 Å². The van der Waals surface area contributed by atoms with E-state index in [1.807, 2.05) is 11.1 Å². The molecule has 0 spiro atoms. The van der Waals surface area contributed by atoms with Crippen molar-refractivity contribution in [3.05, 3.63) is 33.1 Å². The molecule has 1 N–H and O–H groups in total. The molecular formula is C12H11N3O6. The summed E-state index contributed by atoms with van der Waals surface area (Å²) in [6.07, 6.45) is -1.82. The van der Waals surface area contributed by atoms with E-state index in [1.54, 1.807) is 6.92 Å². The second kappa shape index (κ2) is 4.63. The molecule has 1 aromatic rings. The number of nitrogens with one attached hydrogen (secondary N) is 1. The maximum Gasteiger partial charge on any atom is 0.331 e. The van der Waals surface area contributed by atoms with E-state index in [2.05, 4.69) is 0 Å². The Morgan fingerprint density at radius 1 is 1.48 bits per heavy atom. The standard InChI is InChI=1S/C12H11N3O6/c1-6-19-9-7(4-16)21-12(5-13,10(9)20-6)15-3-2-8(17)14-11(15)18/h2-4,6-7,9-10H,1H3,(H,14,17,18). The van der Waals surface area contributed by atoms with E-state index in [0.717, 1.165) is 16.8 Å². The Kier molecular flexibility index (Phi) is 3.02. The molecule has 2 aliphatic heterocycles. The van der Waals surface area contributed by atoms with Crippen LogP contribution in [0.25, 0.3) is 0 Å². The average molecular weight is 293 g/mol. The maximum absolute atomic E-state index is 11.9. The zero-order valence-corrected chi connectivity index (χ0v) is 10.9. The third kappa shape index (κ3) is 1.84. The highest BCUT2D eigenvalue weighted by Gasteiger charge is 2.63. The molecule has 0 radical (unpaired) electrons. The SMILES string of the molecule is CC1OC2C(C=O)OC(C#N)(n3ccc(=O)[nH]c3=O)C2O1. The van der Waals surface area contributed by atoms with E-state index in [9.17, 15) is 19.6 Å². The number of aromatic amines is 1. The Morgan fingerprint density at radius 2 is 2.24 bits per heavy atom. The van der Waals surface area contributed by atoms with Gasteiger partial charge in [0, 0.05) is 12.3 Å². The molecule has 1 aromatic heterocycles. The first-order valence-electron chi connectivity index (χ1n) is 6.19. The fourth-order valence-corrected chi connectivity index (χ4v) is 2.64. The molecule has 3 heterocycles. The molecule has 0 saturated carbocycles. The van der Waals surface area contributed by atoms with Crippen LogP contribution in [-0.4, -0.2) is 40.4 Å². The van der Waals surface area contributed by atoms with Gasteiger partial charge in [-0.15, -0.1) is 0 Å². The highest BCUT2D eigenvalue weighted by atomic mass is 16.8. The number of hydrogen-bond acceptors (Lipinski definition) is 7. The van der Waals surface area contributed by atoms with Gasteiger partial charge in [-0.2, -0.15) is 5.26 Å². The largest absolute Gasteiger partial charge is 0.344 e. The summed E-state index contributed by atoms with van der Waals surface area (Å²) in [5.41, 5.74) is -3.32. The van der Waals surface area contributed by atoms with Gasteiger partial charge in [-0.3, -0.25) is 14.3 Å². The van der Waals surface area contributed by atoms with Crippen molar-refractivity contribution < 1.29 is 19.0 Å². The smallest absolute Gasteiger partial charge is 0.331 e. The van der Waals surface area contributed by atoms with Crippen molar-refractivity contribution in [2.75, 3.05) is 0 Å². The van der Waals surface area contributed by atoms with Gasteiger partial charge < -0.3 is 19.0 Å². The quantitative estimate of drug-likeness (QED) is 0.654. The van der Waals surface area contributed by atoms with Crippen LogP contribution in [0.5, 0.6) is 0 Å². The molecule has 2 saturated heterocycles. The lowest BCUT2D eigenvalue weighted by molar-refractivity contribution is -0.169. The van der Waals surface area contributed by atoms with Gasteiger partial charge in [-0.25, -0.2) is 4.79 Å². The van der Waals surface area contributed by atoms with Crippen LogP contribution >= 0.6 is 0 Å². The van der Waals surface area contributed by atoms with Crippen molar-refractivity contribution in [2.45, 2.75) is 37.3 Å². The first-order valence-corrected chi connectivity index (χ1v) is 6.19. The van der Waals surface area contributed by atoms with Crippen LogP contribution in [0.2, 0.25) is 0 Å². The predicted octanol–water partition coefficient (Wildman–Crippen LogP) is -1.56. The molecule has 0 aromatic carbocycles. The lowest BCUT2D eigenvalue weighted by Gasteiger charge is -2.27. The summed E-state index contributed by atoms with van der Waals surface area (Å²) in [5.74, 6) is 0. The van der Waals surface area contributed by atoms with Gasteiger partial charge in [0.25, 0.3) is 11.3 Å². The van der Waals surface area contributed by atoms with Gasteiger partial charge >= 0.3 is 5.69 Å². The molecule has 2 fully saturated rings. The number of aldehydes is 1. The van der Waals surface area contributed by atoms with Gasteiger partial charge in [0.1, 0.15) is 18.3 Å². The van der Waals surface area contributed by atoms with Crippen LogP contribution in [0, 0.1) is 11.3 Å². The van der Waals surface area contributed by atoms with E-state index in [-0.39, 0.29) is 0 Å². The zero-order valence-electron chi connectivity index (χ0n) is 10.9. The van der Waals surface area contributed by atoms with Crippen molar-refractivity contribution in [3.8, 4) is 6.07 Å². The number of nitrogens with zero attached hydrogens (tertiary/aromatic N) is 2. The molecule has 0 bridgehead atoms. The van der Waals surface area contributed by atoms with Crippen molar-refractivity contribution in [2.24, 2.45) is 0 Å². The summed E-state index contributed by atoms with van der Waals surface area (Å²) in [4.78, 5) is 36.2. The van der Waals surface area contributed by atoms with E-state index in [0.29, 0.717) is 6.29 Å². The Balaban J connectivity index is 2.16. The highest BCUT2D eigenvalue weighted by Crippen LogP contribution is 2.42. The number of aromatic nitrogens is 2. The molecule has 9 heteroatoms. The molecule has 0 aliphatic carbocycles. The van der Waals surface area contributed by atoms with Crippen LogP contribution in [0.15, 0.2) is 21.9 Å². The Bertz CT molecular complexity index is 733. The molecule has 2 aliphatic rings. The average Bonchev–Trinajstić information content (AvgIpc) is 2.95.